The molecule has 182 valence electrons. The predicted molar refractivity (Wildman–Crippen MR) is 124 cm³/mol. The Morgan fingerprint density at radius 1 is 1.03 bits per heavy atom. The standard InChI is InChI=1S/C15H20N2O5.C8H7NO3/c1-15(2,3)21-14(18)16-7-8-20-13-11-9-10(19-4)5-6-12(11)22-17-13;1-11-5-2-3-7-6(4-5)8(10)9-12-7/h5-6,9H,7-8H2,1-4H3,(H,16,18);2-4H,1H3,(H,9,10). The Hall–Kier alpha value is -4.15. The number of alkyl carbamates (subject to hydrolysis) is 1. The van der Waals surface area contributed by atoms with Gasteiger partial charge in [0.05, 0.1) is 31.5 Å². The quantitative estimate of drug-likeness (QED) is 0.400. The highest BCUT2D eigenvalue weighted by molar-refractivity contribution is 5.83. The molecular formula is C23H27N3O8. The van der Waals surface area contributed by atoms with E-state index in [2.05, 4.69) is 15.6 Å². The van der Waals surface area contributed by atoms with Crippen molar-refractivity contribution in [3.8, 4) is 17.4 Å². The number of aromatic nitrogens is 2. The van der Waals surface area contributed by atoms with Crippen LogP contribution < -0.4 is 25.1 Å². The molecule has 11 nitrogen and oxygen atoms in total. The Morgan fingerprint density at radius 3 is 2.32 bits per heavy atom. The maximum atomic E-state index is 11.5. The summed E-state index contributed by atoms with van der Waals surface area (Å²) >= 11 is 0. The van der Waals surface area contributed by atoms with Gasteiger partial charge in [-0.15, -0.1) is 0 Å². The van der Waals surface area contributed by atoms with Gasteiger partial charge >= 0.3 is 6.09 Å². The minimum Gasteiger partial charge on any atom is -0.497 e. The van der Waals surface area contributed by atoms with E-state index < -0.39 is 11.7 Å². The molecule has 0 saturated carbocycles. The van der Waals surface area contributed by atoms with Gasteiger partial charge in [-0.1, -0.05) is 0 Å². The fraction of sp³-hybridized carbons (Fsp3) is 0.348. The normalized spacial score (nSPS) is 11.0. The zero-order valence-corrected chi connectivity index (χ0v) is 19.6. The van der Waals surface area contributed by atoms with E-state index in [1.807, 2.05) is 0 Å². The van der Waals surface area contributed by atoms with E-state index in [0.717, 1.165) is 5.39 Å². The van der Waals surface area contributed by atoms with E-state index in [-0.39, 0.29) is 12.2 Å². The summed E-state index contributed by atoms with van der Waals surface area (Å²) in [5.41, 5.74) is 0.393. The third kappa shape index (κ3) is 6.44. The maximum absolute atomic E-state index is 11.5. The van der Waals surface area contributed by atoms with Crippen molar-refractivity contribution in [2.24, 2.45) is 0 Å². The average Bonchev–Trinajstić information content (AvgIpc) is 3.38. The molecular weight excluding hydrogens is 446 g/mol. The molecule has 1 amide bonds. The molecule has 2 N–H and O–H groups in total. The minimum atomic E-state index is -0.524. The molecule has 0 radical (unpaired) electrons. The number of carbonyl (C=O) groups excluding carboxylic acids is 1. The van der Waals surface area contributed by atoms with E-state index in [1.165, 1.54) is 0 Å². The molecule has 2 aromatic heterocycles. The topological polar surface area (TPSA) is 138 Å². The second-order valence-corrected chi connectivity index (χ2v) is 8.02. The molecule has 0 aliphatic carbocycles. The number of ether oxygens (including phenoxy) is 4. The fourth-order valence-electron chi connectivity index (χ4n) is 2.80. The third-order valence-corrected chi connectivity index (χ3v) is 4.34. The van der Waals surface area contributed by atoms with Gasteiger partial charge in [0.2, 0.25) is 0 Å². The number of hydrogen-bond acceptors (Lipinski definition) is 9. The number of nitrogens with one attached hydrogen (secondary N) is 2. The molecule has 2 heterocycles. The summed E-state index contributed by atoms with van der Waals surface area (Å²) in [6.07, 6.45) is -0.484. The van der Waals surface area contributed by atoms with Crippen LogP contribution in [-0.4, -0.2) is 49.4 Å². The number of rotatable bonds is 6. The Bertz CT molecular complexity index is 1300. The molecule has 0 atom stereocenters. The molecule has 0 spiro atoms. The van der Waals surface area contributed by atoms with Crippen molar-refractivity contribution in [2.75, 3.05) is 27.4 Å². The number of fused-ring (bicyclic) bond motifs is 2. The Labute approximate surface area is 194 Å². The third-order valence-electron chi connectivity index (χ3n) is 4.34. The molecule has 0 aliphatic rings. The van der Waals surface area contributed by atoms with Crippen molar-refractivity contribution in [3.05, 3.63) is 46.8 Å². The van der Waals surface area contributed by atoms with Gasteiger partial charge in [0.15, 0.2) is 11.2 Å². The van der Waals surface area contributed by atoms with Crippen LogP contribution in [0.4, 0.5) is 4.79 Å². The highest BCUT2D eigenvalue weighted by Gasteiger charge is 2.16. The van der Waals surface area contributed by atoms with Crippen molar-refractivity contribution in [1.29, 1.82) is 0 Å². The number of H-pyrrole nitrogens is 1. The summed E-state index contributed by atoms with van der Waals surface area (Å²) in [5, 5.41) is 9.92. The van der Waals surface area contributed by atoms with Gasteiger partial charge in [0.1, 0.15) is 23.7 Å². The maximum Gasteiger partial charge on any atom is 0.407 e. The number of nitrogens with zero attached hydrogens (tertiary/aromatic N) is 1. The second-order valence-electron chi connectivity index (χ2n) is 8.02. The van der Waals surface area contributed by atoms with E-state index in [0.29, 0.717) is 40.5 Å². The highest BCUT2D eigenvalue weighted by Crippen LogP contribution is 2.28. The van der Waals surface area contributed by atoms with Gasteiger partial charge in [-0.25, -0.2) is 4.79 Å². The molecule has 0 unspecified atom stereocenters. The average molecular weight is 473 g/mol. The summed E-state index contributed by atoms with van der Waals surface area (Å²) in [7, 11) is 3.13. The van der Waals surface area contributed by atoms with E-state index >= 15 is 0 Å². The number of amides is 1. The summed E-state index contributed by atoms with van der Waals surface area (Å²) in [5.74, 6) is 1.70. The molecule has 0 bridgehead atoms. The Morgan fingerprint density at radius 2 is 1.68 bits per heavy atom. The zero-order chi connectivity index (χ0) is 24.7. The van der Waals surface area contributed by atoms with Crippen molar-refractivity contribution < 1.29 is 32.8 Å². The highest BCUT2D eigenvalue weighted by atomic mass is 16.6. The largest absolute Gasteiger partial charge is 0.497 e. The molecule has 34 heavy (non-hydrogen) atoms. The van der Waals surface area contributed by atoms with Gasteiger partial charge in [-0.05, 0) is 62.3 Å². The molecule has 0 saturated heterocycles. The lowest BCUT2D eigenvalue weighted by Gasteiger charge is -2.19. The number of aromatic amines is 1. The Balaban J connectivity index is 0.000000226. The monoisotopic (exact) mass is 473 g/mol. The van der Waals surface area contributed by atoms with Crippen LogP contribution >= 0.6 is 0 Å². The van der Waals surface area contributed by atoms with E-state index in [9.17, 15) is 9.59 Å². The van der Waals surface area contributed by atoms with Crippen LogP contribution in [0.15, 0.2) is 50.2 Å². The molecule has 2 aromatic carbocycles. The molecule has 11 heteroatoms. The second kappa shape index (κ2) is 10.6. The first-order chi connectivity index (χ1) is 16.2. The van der Waals surface area contributed by atoms with E-state index in [1.54, 1.807) is 71.4 Å². The Kier molecular flexibility index (Phi) is 7.67. The summed E-state index contributed by atoms with van der Waals surface area (Å²) in [6, 6.07) is 10.4. The van der Waals surface area contributed by atoms with Crippen molar-refractivity contribution in [3.63, 3.8) is 0 Å². The van der Waals surface area contributed by atoms with Gasteiger partial charge in [-0.2, -0.15) is 5.16 Å². The van der Waals surface area contributed by atoms with Crippen LogP contribution in [0.3, 0.4) is 0 Å². The number of benzene rings is 2. The van der Waals surface area contributed by atoms with Crippen LogP contribution in [-0.2, 0) is 4.74 Å². The van der Waals surface area contributed by atoms with Gasteiger partial charge in [-0.3, -0.25) is 4.79 Å². The van der Waals surface area contributed by atoms with Gasteiger partial charge in [0.25, 0.3) is 11.4 Å². The summed E-state index contributed by atoms with van der Waals surface area (Å²) < 4.78 is 30.7. The van der Waals surface area contributed by atoms with Crippen LogP contribution in [0.25, 0.3) is 21.9 Å². The first kappa shape index (κ1) is 24.5. The molecule has 0 aliphatic heterocycles. The van der Waals surface area contributed by atoms with Crippen LogP contribution in [0, 0.1) is 0 Å². The predicted octanol–water partition coefficient (Wildman–Crippen LogP) is 3.87. The lowest BCUT2D eigenvalue weighted by atomic mass is 10.2. The van der Waals surface area contributed by atoms with Gasteiger partial charge < -0.3 is 33.3 Å². The van der Waals surface area contributed by atoms with E-state index in [4.69, 9.17) is 28.0 Å². The zero-order valence-electron chi connectivity index (χ0n) is 19.6. The van der Waals surface area contributed by atoms with Crippen LogP contribution in [0.2, 0.25) is 0 Å². The fourth-order valence-corrected chi connectivity index (χ4v) is 2.80. The van der Waals surface area contributed by atoms with Gasteiger partial charge in [0, 0.05) is 0 Å². The lowest BCUT2D eigenvalue weighted by molar-refractivity contribution is 0.0519. The first-order valence-electron chi connectivity index (χ1n) is 10.4. The summed E-state index contributed by atoms with van der Waals surface area (Å²) in [4.78, 5) is 22.5. The van der Waals surface area contributed by atoms with Crippen LogP contribution in [0.5, 0.6) is 17.4 Å². The lowest BCUT2D eigenvalue weighted by Crippen LogP contribution is -2.34. The number of hydrogen-bond donors (Lipinski definition) is 2. The SMILES string of the molecule is COc1ccc2o[nH]c(=O)c2c1.COc1ccc2onc(OCCNC(=O)OC(C)(C)C)c2c1. The first-order valence-corrected chi connectivity index (χ1v) is 10.4. The van der Waals surface area contributed by atoms with Crippen LogP contribution in [0.1, 0.15) is 20.8 Å². The van der Waals surface area contributed by atoms with Crippen molar-refractivity contribution in [1.82, 2.24) is 15.6 Å². The van der Waals surface area contributed by atoms with Crippen molar-refractivity contribution in [2.45, 2.75) is 26.4 Å². The van der Waals surface area contributed by atoms with Crippen molar-refractivity contribution >= 4 is 28.0 Å². The number of methoxy groups -OCH3 is 2. The number of carbonyl (C=O) groups is 1. The molecule has 4 aromatic rings. The molecule has 0 fully saturated rings. The molecule has 4 rings (SSSR count). The summed E-state index contributed by atoms with van der Waals surface area (Å²) in [6.45, 7) is 5.96. The minimum absolute atomic E-state index is 0.232. The smallest absolute Gasteiger partial charge is 0.407 e.